The van der Waals surface area contributed by atoms with Crippen LogP contribution in [0.3, 0.4) is 0 Å². The number of aryl methyl sites for hydroxylation is 1. The van der Waals surface area contributed by atoms with Crippen LogP contribution in [0.15, 0.2) is 12.4 Å². The van der Waals surface area contributed by atoms with Gasteiger partial charge in [0.25, 0.3) is 0 Å². The van der Waals surface area contributed by atoms with E-state index < -0.39 is 0 Å². The Balaban J connectivity index is 2.20. The van der Waals surface area contributed by atoms with Crippen LogP contribution in [0.2, 0.25) is 0 Å². The number of imidazole rings is 1. The molecule has 86 valence electrons. The lowest BCUT2D eigenvalue weighted by Crippen LogP contribution is -2.40. The number of nitrogens with two attached hydrogens (primary N) is 1. The van der Waals surface area contributed by atoms with Gasteiger partial charge in [0.2, 0.25) is 0 Å². The Hall–Kier alpha value is -0.870. The first-order valence-electron chi connectivity index (χ1n) is 5.39. The summed E-state index contributed by atoms with van der Waals surface area (Å²) in [6.45, 7) is 8.20. The highest BCUT2D eigenvalue weighted by molar-refractivity contribution is 4.88. The van der Waals surface area contributed by atoms with Crippen LogP contribution in [-0.4, -0.2) is 28.3 Å². The predicted molar refractivity (Wildman–Crippen MR) is 60.7 cm³/mol. The maximum atomic E-state index is 5.96. The van der Waals surface area contributed by atoms with E-state index in [9.17, 15) is 0 Å². The van der Waals surface area contributed by atoms with Gasteiger partial charge in [0, 0.05) is 24.5 Å². The fourth-order valence-electron chi connectivity index (χ4n) is 1.21. The normalized spacial score (nSPS) is 15.2. The summed E-state index contributed by atoms with van der Waals surface area (Å²) in [5.74, 6) is 1.02. The van der Waals surface area contributed by atoms with E-state index in [1.54, 1.807) is 6.20 Å². The largest absolute Gasteiger partial charge is 0.378 e. The minimum absolute atomic E-state index is 0.204. The van der Waals surface area contributed by atoms with Crippen LogP contribution in [0, 0.1) is 6.92 Å². The molecule has 2 N–H and O–H groups in total. The van der Waals surface area contributed by atoms with E-state index >= 15 is 0 Å². The van der Waals surface area contributed by atoms with Crippen molar-refractivity contribution in [3.05, 3.63) is 18.2 Å². The Bertz CT molecular complexity index is 294. The summed E-state index contributed by atoms with van der Waals surface area (Å²) in [4.78, 5) is 4.14. The molecule has 1 atom stereocenters. The number of hydrogen-bond acceptors (Lipinski definition) is 3. The van der Waals surface area contributed by atoms with E-state index in [1.807, 2.05) is 20.0 Å². The van der Waals surface area contributed by atoms with Gasteiger partial charge in [-0.15, -0.1) is 0 Å². The summed E-state index contributed by atoms with van der Waals surface area (Å²) in [6, 6.07) is 0. The van der Waals surface area contributed by atoms with Gasteiger partial charge in [0.15, 0.2) is 0 Å². The first-order valence-corrected chi connectivity index (χ1v) is 5.39. The van der Waals surface area contributed by atoms with Crippen molar-refractivity contribution in [2.75, 3.05) is 13.2 Å². The average molecular weight is 211 g/mol. The van der Waals surface area contributed by atoms with Crippen molar-refractivity contribution in [3.63, 3.8) is 0 Å². The van der Waals surface area contributed by atoms with E-state index in [0.717, 1.165) is 18.8 Å². The average Bonchev–Trinajstić information content (AvgIpc) is 2.59. The topological polar surface area (TPSA) is 53.1 Å². The zero-order valence-corrected chi connectivity index (χ0v) is 9.86. The van der Waals surface area contributed by atoms with Gasteiger partial charge in [-0.05, 0) is 20.3 Å². The van der Waals surface area contributed by atoms with Gasteiger partial charge < -0.3 is 15.0 Å². The molecule has 0 amide bonds. The molecule has 0 aliphatic rings. The molecule has 0 aromatic carbocycles. The van der Waals surface area contributed by atoms with Crippen molar-refractivity contribution in [1.82, 2.24) is 9.55 Å². The molecule has 0 aliphatic carbocycles. The van der Waals surface area contributed by atoms with E-state index in [-0.39, 0.29) is 5.54 Å². The molecule has 1 aromatic rings. The van der Waals surface area contributed by atoms with Crippen molar-refractivity contribution in [2.45, 2.75) is 39.3 Å². The van der Waals surface area contributed by atoms with Gasteiger partial charge in [0.05, 0.1) is 13.2 Å². The van der Waals surface area contributed by atoms with Crippen LogP contribution in [0.4, 0.5) is 0 Å². The molecule has 0 bridgehead atoms. The molecule has 0 radical (unpaired) electrons. The number of aromatic nitrogens is 2. The molecule has 0 saturated carbocycles. The Morgan fingerprint density at radius 3 is 2.87 bits per heavy atom. The number of ether oxygens (including phenoxy) is 1. The third-order valence-corrected chi connectivity index (χ3v) is 2.64. The number of nitrogens with zero attached hydrogens (tertiary/aromatic N) is 2. The zero-order valence-electron chi connectivity index (χ0n) is 9.86. The number of hydrogen-bond donors (Lipinski definition) is 1. The summed E-state index contributed by atoms with van der Waals surface area (Å²) in [7, 11) is 0. The van der Waals surface area contributed by atoms with E-state index in [2.05, 4.69) is 16.5 Å². The summed E-state index contributed by atoms with van der Waals surface area (Å²) in [5, 5.41) is 0. The molecule has 15 heavy (non-hydrogen) atoms. The van der Waals surface area contributed by atoms with Gasteiger partial charge >= 0.3 is 0 Å². The first kappa shape index (κ1) is 12.2. The standard InChI is InChI=1S/C11H21N3O/c1-4-11(3,12)9-15-8-7-14-6-5-13-10(14)2/h5-6H,4,7-9,12H2,1-3H3. The minimum atomic E-state index is -0.204. The fourth-order valence-corrected chi connectivity index (χ4v) is 1.21. The van der Waals surface area contributed by atoms with Crippen LogP contribution in [0.1, 0.15) is 26.1 Å². The van der Waals surface area contributed by atoms with Crippen LogP contribution in [0.5, 0.6) is 0 Å². The number of rotatable bonds is 6. The molecule has 1 rings (SSSR count). The molecule has 1 unspecified atom stereocenters. The highest BCUT2D eigenvalue weighted by Crippen LogP contribution is 2.05. The maximum Gasteiger partial charge on any atom is 0.105 e. The van der Waals surface area contributed by atoms with Gasteiger partial charge in [-0.1, -0.05) is 6.92 Å². The first-order chi connectivity index (χ1) is 7.05. The molecule has 4 nitrogen and oxygen atoms in total. The summed E-state index contributed by atoms with van der Waals surface area (Å²) < 4.78 is 7.61. The zero-order chi connectivity index (χ0) is 11.3. The second-order valence-corrected chi connectivity index (χ2v) is 4.23. The third-order valence-electron chi connectivity index (χ3n) is 2.64. The van der Waals surface area contributed by atoms with Crippen molar-refractivity contribution < 1.29 is 4.74 Å². The van der Waals surface area contributed by atoms with E-state index in [1.165, 1.54) is 0 Å². The summed E-state index contributed by atoms with van der Waals surface area (Å²) in [6.07, 6.45) is 4.69. The molecule has 1 aromatic heterocycles. The predicted octanol–water partition coefficient (Wildman–Crippen LogP) is 1.34. The van der Waals surface area contributed by atoms with E-state index in [0.29, 0.717) is 13.2 Å². The molecular formula is C11H21N3O. The Morgan fingerprint density at radius 1 is 1.60 bits per heavy atom. The van der Waals surface area contributed by atoms with Gasteiger partial charge in [-0.2, -0.15) is 0 Å². The summed E-state index contributed by atoms with van der Waals surface area (Å²) >= 11 is 0. The molecule has 0 spiro atoms. The maximum absolute atomic E-state index is 5.96. The quantitative estimate of drug-likeness (QED) is 0.722. The Labute approximate surface area is 91.4 Å². The van der Waals surface area contributed by atoms with Crippen molar-refractivity contribution in [1.29, 1.82) is 0 Å². The van der Waals surface area contributed by atoms with E-state index in [4.69, 9.17) is 10.5 Å². The van der Waals surface area contributed by atoms with Gasteiger partial charge in [-0.25, -0.2) is 4.98 Å². The lowest BCUT2D eigenvalue weighted by Gasteiger charge is -2.22. The van der Waals surface area contributed by atoms with Crippen LogP contribution in [-0.2, 0) is 11.3 Å². The van der Waals surface area contributed by atoms with Crippen LogP contribution >= 0.6 is 0 Å². The van der Waals surface area contributed by atoms with Gasteiger partial charge in [0.1, 0.15) is 5.82 Å². The molecule has 4 heteroatoms. The monoisotopic (exact) mass is 211 g/mol. The minimum Gasteiger partial charge on any atom is -0.378 e. The Morgan fingerprint density at radius 2 is 2.33 bits per heavy atom. The van der Waals surface area contributed by atoms with Crippen LogP contribution in [0.25, 0.3) is 0 Å². The molecule has 0 aliphatic heterocycles. The van der Waals surface area contributed by atoms with Crippen molar-refractivity contribution in [2.24, 2.45) is 5.73 Å². The highest BCUT2D eigenvalue weighted by Gasteiger charge is 2.15. The fraction of sp³-hybridized carbons (Fsp3) is 0.727. The molecule has 0 fully saturated rings. The van der Waals surface area contributed by atoms with Crippen LogP contribution < -0.4 is 5.73 Å². The second kappa shape index (κ2) is 5.28. The van der Waals surface area contributed by atoms with Crippen molar-refractivity contribution >= 4 is 0 Å². The molecule has 1 heterocycles. The third kappa shape index (κ3) is 4.01. The van der Waals surface area contributed by atoms with Crippen molar-refractivity contribution in [3.8, 4) is 0 Å². The smallest absolute Gasteiger partial charge is 0.105 e. The lowest BCUT2D eigenvalue weighted by molar-refractivity contribution is 0.0835. The SMILES string of the molecule is CCC(C)(N)COCCn1ccnc1C. The lowest BCUT2D eigenvalue weighted by atomic mass is 10.0. The van der Waals surface area contributed by atoms with Gasteiger partial charge in [-0.3, -0.25) is 0 Å². The Kier molecular flexibility index (Phi) is 4.29. The molecule has 0 saturated heterocycles. The highest BCUT2D eigenvalue weighted by atomic mass is 16.5. The summed E-state index contributed by atoms with van der Waals surface area (Å²) in [5.41, 5.74) is 5.76. The molecular weight excluding hydrogens is 190 g/mol. The second-order valence-electron chi connectivity index (χ2n) is 4.23.